The second-order valence-corrected chi connectivity index (χ2v) is 4.60. The van der Waals surface area contributed by atoms with E-state index in [1.807, 2.05) is 7.05 Å². The summed E-state index contributed by atoms with van der Waals surface area (Å²) in [6, 6.07) is 0.602. The molecule has 0 aliphatic rings. The predicted molar refractivity (Wildman–Crippen MR) is 51.8 cm³/mol. The molecule has 68 valence electrons. The third-order valence-electron chi connectivity index (χ3n) is 2.54. The Kier molecular flexibility index (Phi) is 4.09. The van der Waals surface area contributed by atoms with Crippen molar-refractivity contribution in [2.45, 2.75) is 47.1 Å². The maximum Gasteiger partial charge on any atom is 0.00870 e. The van der Waals surface area contributed by atoms with Crippen LogP contribution in [0, 0.1) is 11.3 Å². The van der Waals surface area contributed by atoms with Crippen LogP contribution in [0.3, 0.4) is 0 Å². The molecule has 0 aliphatic carbocycles. The van der Waals surface area contributed by atoms with E-state index in [1.54, 1.807) is 0 Å². The quantitative estimate of drug-likeness (QED) is 0.661. The molecule has 0 spiro atoms. The summed E-state index contributed by atoms with van der Waals surface area (Å²) in [5.41, 5.74) is 0.420. The van der Waals surface area contributed by atoms with Crippen LogP contribution in [0.15, 0.2) is 0 Å². The molecule has 0 bridgehead atoms. The molecule has 0 radical (unpaired) electrons. The topological polar surface area (TPSA) is 12.0 Å². The van der Waals surface area contributed by atoms with Gasteiger partial charge in [-0.05, 0) is 31.7 Å². The molecule has 0 amide bonds. The molecule has 0 saturated carbocycles. The summed E-state index contributed by atoms with van der Waals surface area (Å²) < 4.78 is 0. The van der Waals surface area contributed by atoms with E-state index in [2.05, 4.69) is 39.9 Å². The highest BCUT2D eigenvalue weighted by Crippen LogP contribution is 2.28. The lowest BCUT2D eigenvalue weighted by Crippen LogP contribution is -2.38. The molecule has 11 heavy (non-hydrogen) atoms. The lowest BCUT2D eigenvalue weighted by Gasteiger charge is -2.33. The van der Waals surface area contributed by atoms with E-state index in [0.29, 0.717) is 11.5 Å². The van der Waals surface area contributed by atoms with Crippen molar-refractivity contribution in [1.29, 1.82) is 0 Å². The van der Waals surface area contributed by atoms with Gasteiger partial charge in [-0.15, -0.1) is 0 Å². The predicted octanol–water partition coefficient (Wildman–Crippen LogP) is 2.67. The van der Waals surface area contributed by atoms with Crippen LogP contribution in [0.25, 0.3) is 0 Å². The Hall–Kier alpha value is -0.0400. The fourth-order valence-electron chi connectivity index (χ4n) is 1.62. The molecule has 0 aromatic rings. The smallest absolute Gasteiger partial charge is 0.00870 e. The summed E-state index contributed by atoms with van der Waals surface area (Å²) in [7, 11) is 2.03. The van der Waals surface area contributed by atoms with Crippen LogP contribution in [-0.2, 0) is 0 Å². The molecule has 0 rings (SSSR count). The van der Waals surface area contributed by atoms with Gasteiger partial charge in [-0.2, -0.15) is 0 Å². The van der Waals surface area contributed by atoms with Crippen molar-refractivity contribution in [3.05, 3.63) is 0 Å². The molecular formula is C10H23N. The van der Waals surface area contributed by atoms with Gasteiger partial charge in [0.1, 0.15) is 0 Å². The Labute approximate surface area is 71.6 Å². The summed E-state index contributed by atoms with van der Waals surface area (Å²) in [5.74, 6) is 0.792. The molecule has 0 aromatic carbocycles. The van der Waals surface area contributed by atoms with Crippen LogP contribution in [0.1, 0.15) is 41.0 Å². The van der Waals surface area contributed by atoms with Crippen LogP contribution >= 0.6 is 0 Å². The van der Waals surface area contributed by atoms with Gasteiger partial charge in [0.25, 0.3) is 0 Å². The number of rotatable bonds is 4. The van der Waals surface area contributed by atoms with E-state index < -0.39 is 0 Å². The average molecular weight is 157 g/mol. The Morgan fingerprint density at radius 2 is 1.64 bits per heavy atom. The zero-order valence-corrected chi connectivity index (χ0v) is 8.86. The van der Waals surface area contributed by atoms with Crippen molar-refractivity contribution < 1.29 is 0 Å². The fraction of sp³-hybridized carbons (Fsp3) is 1.00. The molecule has 0 saturated heterocycles. The van der Waals surface area contributed by atoms with Crippen molar-refractivity contribution in [2.75, 3.05) is 7.05 Å². The van der Waals surface area contributed by atoms with Gasteiger partial charge < -0.3 is 5.32 Å². The van der Waals surface area contributed by atoms with Gasteiger partial charge in [0, 0.05) is 6.04 Å². The summed E-state index contributed by atoms with van der Waals surface area (Å²) >= 11 is 0. The Bertz CT molecular complexity index is 105. The van der Waals surface area contributed by atoms with Gasteiger partial charge in [-0.3, -0.25) is 0 Å². The first-order chi connectivity index (χ1) is 4.90. The second kappa shape index (κ2) is 4.10. The van der Waals surface area contributed by atoms with Gasteiger partial charge in [-0.1, -0.05) is 27.7 Å². The number of nitrogens with one attached hydrogen (secondary N) is 1. The lowest BCUT2D eigenvalue weighted by molar-refractivity contribution is 0.217. The molecule has 0 aromatic heterocycles. The van der Waals surface area contributed by atoms with E-state index in [9.17, 15) is 0 Å². The van der Waals surface area contributed by atoms with E-state index >= 15 is 0 Å². The molecular weight excluding hydrogens is 134 g/mol. The maximum absolute atomic E-state index is 3.31. The Morgan fingerprint density at radius 1 is 1.18 bits per heavy atom. The zero-order valence-electron chi connectivity index (χ0n) is 8.86. The Balaban J connectivity index is 3.98. The van der Waals surface area contributed by atoms with Crippen LogP contribution < -0.4 is 5.32 Å². The summed E-state index contributed by atoms with van der Waals surface area (Å²) in [4.78, 5) is 0. The maximum atomic E-state index is 3.31. The van der Waals surface area contributed by atoms with Crippen LogP contribution in [0.4, 0.5) is 0 Å². The first-order valence-corrected chi connectivity index (χ1v) is 4.57. The van der Waals surface area contributed by atoms with Gasteiger partial charge in [0.2, 0.25) is 0 Å². The van der Waals surface area contributed by atoms with Crippen molar-refractivity contribution in [1.82, 2.24) is 5.32 Å². The highest BCUT2D eigenvalue weighted by Gasteiger charge is 2.25. The van der Waals surface area contributed by atoms with Crippen molar-refractivity contribution in [3.63, 3.8) is 0 Å². The average Bonchev–Trinajstić information content (AvgIpc) is 1.83. The summed E-state index contributed by atoms with van der Waals surface area (Å²) in [6.45, 7) is 11.5. The molecule has 1 nitrogen and oxygen atoms in total. The third-order valence-corrected chi connectivity index (χ3v) is 2.54. The van der Waals surface area contributed by atoms with Crippen molar-refractivity contribution >= 4 is 0 Å². The highest BCUT2D eigenvalue weighted by atomic mass is 14.9. The standard InChI is InChI=1S/C10H23N/c1-8(2)7-10(4,5)9(3)11-6/h8-9,11H,7H2,1-6H3. The van der Waals surface area contributed by atoms with E-state index in [4.69, 9.17) is 0 Å². The first kappa shape index (κ1) is 11.0. The molecule has 1 N–H and O–H groups in total. The highest BCUT2D eigenvalue weighted by molar-refractivity contribution is 4.80. The monoisotopic (exact) mass is 157 g/mol. The minimum Gasteiger partial charge on any atom is -0.317 e. The molecule has 1 atom stereocenters. The number of hydrogen-bond donors (Lipinski definition) is 1. The molecule has 0 aliphatic heterocycles. The van der Waals surface area contributed by atoms with Crippen LogP contribution in [0.5, 0.6) is 0 Å². The third kappa shape index (κ3) is 3.76. The van der Waals surface area contributed by atoms with Crippen molar-refractivity contribution in [2.24, 2.45) is 11.3 Å². The van der Waals surface area contributed by atoms with E-state index in [0.717, 1.165) is 5.92 Å². The molecule has 1 heteroatoms. The van der Waals surface area contributed by atoms with Gasteiger partial charge in [0.05, 0.1) is 0 Å². The van der Waals surface area contributed by atoms with E-state index in [-0.39, 0.29) is 0 Å². The van der Waals surface area contributed by atoms with Crippen LogP contribution in [0.2, 0.25) is 0 Å². The number of hydrogen-bond acceptors (Lipinski definition) is 1. The molecule has 0 fully saturated rings. The fourth-order valence-corrected chi connectivity index (χ4v) is 1.62. The minimum absolute atomic E-state index is 0.420. The molecule has 0 heterocycles. The van der Waals surface area contributed by atoms with Gasteiger partial charge >= 0.3 is 0 Å². The Morgan fingerprint density at radius 3 is 1.91 bits per heavy atom. The summed E-state index contributed by atoms with van der Waals surface area (Å²) in [5, 5.41) is 3.31. The normalized spacial score (nSPS) is 15.5. The second-order valence-electron chi connectivity index (χ2n) is 4.60. The van der Waals surface area contributed by atoms with Gasteiger partial charge in [-0.25, -0.2) is 0 Å². The van der Waals surface area contributed by atoms with Crippen molar-refractivity contribution in [3.8, 4) is 0 Å². The first-order valence-electron chi connectivity index (χ1n) is 4.57. The van der Waals surface area contributed by atoms with E-state index in [1.165, 1.54) is 6.42 Å². The molecule has 1 unspecified atom stereocenters. The van der Waals surface area contributed by atoms with Gasteiger partial charge in [0.15, 0.2) is 0 Å². The van der Waals surface area contributed by atoms with Crippen LogP contribution in [-0.4, -0.2) is 13.1 Å². The minimum atomic E-state index is 0.420. The zero-order chi connectivity index (χ0) is 9.07. The largest absolute Gasteiger partial charge is 0.317 e. The lowest BCUT2D eigenvalue weighted by atomic mass is 9.78. The summed E-state index contributed by atoms with van der Waals surface area (Å²) in [6.07, 6.45) is 1.29. The SMILES string of the molecule is CNC(C)C(C)(C)CC(C)C.